The zero-order valence-electron chi connectivity index (χ0n) is 15.7. The van der Waals surface area contributed by atoms with Crippen molar-refractivity contribution in [3.05, 3.63) is 58.6 Å². The Labute approximate surface area is 169 Å². The maximum Gasteiger partial charge on any atom is 0.321 e. The van der Waals surface area contributed by atoms with Gasteiger partial charge in [0.2, 0.25) is 10.0 Å². The Hall–Kier alpha value is -2.42. The van der Waals surface area contributed by atoms with Gasteiger partial charge in [0.05, 0.1) is 4.90 Å². The number of likely N-dealkylation sites (N-methyl/N-ethyl adjacent to an activating group) is 1. The average molecular weight is 425 g/mol. The second-order valence-electron chi connectivity index (χ2n) is 6.20. The van der Waals surface area contributed by atoms with Crippen LogP contribution in [-0.2, 0) is 24.3 Å². The van der Waals surface area contributed by atoms with Gasteiger partial charge in [-0.25, -0.2) is 8.42 Å². The summed E-state index contributed by atoms with van der Waals surface area (Å²) in [6.07, 6.45) is 0. The number of carbonyl (C=O) groups is 2. The molecule has 9 heteroatoms. The third kappa shape index (κ3) is 5.54. The number of nitrogens with one attached hydrogen (secondary N) is 1. The highest BCUT2D eigenvalue weighted by molar-refractivity contribution is 7.89. The third-order valence-corrected chi connectivity index (χ3v) is 6.21. The molecule has 0 aliphatic rings. The van der Waals surface area contributed by atoms with E-state index in [0.717, 1.165) is 9.87 Å². The number of anilines is 1. The van der Waals surface area contributed by atoms with E-state index in [1.54, 1.807) is 37.3 Å². The van der Waals surface area contributed by atoms with Gasteiger partial charge in [-0.1, -0.05) is 35.4 Å². The third-order valence-electron chi connectivity index (χ3n) is 3.99. The van der Waals surface area contributed by atoms with Crippen molar-refractivity contribution in [2.45, 2.75) is 18.7 Å². The number of hydrogen-bond acceptors (Lipinski definition) is 5. The molecule has 0 aliphatic carbocycles. The van der Waals surface area contributed by atoms with Crippen LogP contribution >= 0.6 is 11.6 Å². The molecule has 0 spiro atoms. The molecule has 0 aromatic heterocycles. The highest BCUT2D eigenvalue weighted by atomic mass is 35.5. The van der Waals surface area contributed by atoms with Gasteiger partial charge in [0.25, 0.3) is 5.91 Å². The quantitative estimate of drug-likeness (QED) is 0.690. The largest absolute Gasteiger partial charge is 0.455 e. The molecule has 1 amide bonds. The molecule has 0 saturated heterocycles. The van der Waals surface area contributed by atoms with Gasteiger partial charge >= 0.3 is 5.97 Å². The number of halogens is 1. The molecule has 150 valence electrons. The number of amides is 1. The fraction of sp³-hybridized carbons (Fsp3) is 0.263. The summed E-state index contributed by atoms with van der Waals surface area (Å²) in [4.78, 5) is 24.0. The molecule has 0 radical (unpaired) electrons. The SMILES string of the molecule is Cc1ccc(S(=O)(=O)N(C)CC(=O)OCC(=O)Nc2cccc(Cl)c2C)cc1. The first-order chi connectivity index (χ1) is 13.1. The first-order valence-corrected chi connectivity index (χ1v) is 10.2. The van der Waals surface area contributed by atoms with E-state index in [0.29, 0.717) is 16.3 Å². The van der Waals surface area contributed by atoms with E-state index in [4.69, 9.17) is 16.3 Å². The molecule has 2 aromatic rings. The summed E-state index contributed by atoms with van der Waals surface area (Å²) in [7, 11) is -2.56. The van der Waals surface area contributed by atoms with Crippen LogP contribution in [0.5, 0.6) is 0 Å². The molecule has 2 aromatic carbocycles. The second kappa shape index (κ2) is 9.18. The van der Waals surface area contributed by atoms with Gasteiger partial charge in [0.15, 0.2) is 6.61 Å². The van der Waals surface area contributed by atoms with E-state index in [9.17, 15) is 18.0 Å². The lowest BCUT2D eigenvalue weighted by atomic mass is 10.2. The monoisotopic (exact) mass is 424 g/mol. The lowest BCUT2D eigenvalue weighted by Gasteiger charge is -2.16. The number of nitrogens with zero attached hydrogens (tertiary/aromatic N) is 1. The predicted octanol–water partition coefficient (Wildman–Crippen LogP) is 2.76. The van der Waals surface area contributed by atoms with E-state index < -0.39 is 35.1 Å². The molecule has 0 bridgehead atoms. The van der Waals surface area contributed by atoms with Gasteiger partial charge in [-0.3, -0.25) is 9.59 Å². The number of esters is 1. The van der Waals surface area contributed by atoms with Crippen molar-refractivity contribution in [2.75, 3.05) is 25.5 Å². The molecule has 2 rings (SSSR count). The Morgan fingerprint density at radius 1 is 1.11 bits per heavy atom. The van der Waals surface area contributed by atoms with Gasteiger partial charge in [-0.2, -0.15) is 4.31 Å². The van der Waals surface area contributed by atoms with Crippen molar-refractivity contribution < 1.29 is 22.7 Å². The van der Waals surface area contributed by atoms with Crippen LogP contribution in [-0.4, -0.2) is 44.8 Å². The van der Waals surface area contributed by atoms with Gasteiger partial charge in [-0.05, 0) is 43.7 Å². The summed E-state index contributed by atoms with van der Waals surface area (Å²) >= 11 is 5.98. The van der Waals surface area contributed by atoms with Crippen LogP contribution in [0.4, 0.5) is 5.69 Å². The fourth-order valence-corrected chi connectivity index (χ4v) is 3.57. The molecule has 0 heterocycles. The topological polar surface area (TPSA) is 92.8 Å². The number of carbonyl (C=O) groups excluding carboxylic acids is 2. The lowest BCUT2D eigenvalue weighted by molar-refractivity contribution is -0.147. The fourth-order valence-electron chi connectivity index (χ4n) is 2.28. The molecular weight excluding hydrogens is 404 g/mol. The smallest absolute Gasteiger partial charge is 0.321 e. The molecule has 0 saturated carbocycles. The predicted molar refractivity (Wildman–Crippen MR) is 107 cm³/mol. The number of benzene rings is 2. The van der Waals surface area contributed by atoms with Crippen molar-refractivity contribution in [1.29, 1.82) is 0 Å². The van der Waals surface area contributed by atoms with Crippen LogP contribution in [0.15, 0.2) is 47.4 Å². The van der Waals surface area contributed by atoms with Crippen LogP contribution in [0.1, 0.15) is 11.1 Å². The van der Waals surface area contributed by atoms with Crippen LogP contribution in [0.3, 0.4) is 0 Å². The number of rotatable bonds is 7. The van der Waals surface area contributed by atoms with E-state index in [-0.39, 0.29) is 4.90 Å². The molecule has 28 heavy (non-hydrogen) atoms. The number of sulfonamides is 1. The van der Waals surface area contributed by atoms with Crippen LogP contribution in [0.2, 0.25) is 5.02 Å². The maximum absolute atomic E-state index is 12.5. The Morgan fingerprint density at radius 3 is 2.39 bits per heavy atom. The molecular formula is C19H21ClN2O5S. The van der Waals surface area contributed by atoms with Crippen molar-refractivity contribution in [3.8, 4) is 0 Å². The maximum atomic E-state index is 12.5. The summed E-state index contributed by atoms with van der Waals surface area (Å²) in [5, 5.41) is 3.09. The van der Waals surface area contributed by atoms with Gasteiger partial charge in [0, 0.05) is 17.8 Å². The van der Waals surface area contributed by atoms with E-state index in [1.165, 1.54) is 19.2 Å². The van der Waals surface area contributed by atoms with Crippen LogP contribution < -0.4 is 5.32 Å². The summed E-state index contributed by atoms with van der Waals surface area (Å²) in [6.45, 7) is 2.53. The molecule has 0 unspecified atom stereocenters. The highest BCUT2D eigenvalue weighted by Gasteiger charge is 2.23. The second-order valence-corrected chi connectivity index (χ2v) is 8.65. The van der Waals surface area contributed by atoms with E-state index in [1.807, 2.05) is 6.92 Å². The first-order valence-electron chi connectivity index (χ1n) is 8.35. The molecule has 7 nitrogen and oxygen atoms in total. The van der Waals surface area contributed by atoms with Crippen LogP contribution in [0.25, 0.3) is 0 Å². The Morgan fingerprint density at radius 2 is 1.75 bits per heavy atom. The van der Waals surface area contributed by atoms with Gasteiger partial charge in [0.1, 0.15) is 6.54 Å². The first kappa shape index (κ1) is 21.9. The minimum absolute atomic E-state index is 0.0718. The zero-order valence-corrected chi connectivity index (χ0v) is 17.3. The molecule has 1 N–H and O–H groups in total. The summed E-state index contributed by atoms with van der Waals surface area (Å²) in [6, 6.07) is 11.3. The zero-order chi connectivity index (χ0) is 20.9. The summed E-state index contributed by atoms with van der Waals surface area (Å²) in [5.41, 5.74) is 2.11. The van der Waals surface area contributed by atoms with Gasteiger partial charge < -0.3 is 10.1 Å². The Bertz CT molecular complexity index is 974. The van der Waals surface area contributed by atoms with Crippen LogP contribution in [0, 0.1) is 13.8 Å². The van der Waals surface area contributed by atoms with Crippen molar-refractivity contribution >= 4 is 39.2 Å². The minimum atomic E-state index is -3.83. The van der Waals surface area contributed by atoms with Crippen molar-refractivity contribution in [3.63, 3.8) is 0 Å². The number of ether oxygens (including phenoxy) is 1. The number of hydrogen-bond donors (Lipinski definition) is 1. The van der Waals surface area contributed by atoms with Crippen molar-refractivity contribution in [1.82, 2.24) is 4.31 Å². The van der Waals surface area contributed by atoms with Gasteiger partial charge in [-0.15, -0.1) is 0 Å². The summed E-state index contributed by atoms with van der Waals surface area (Å²) < 4.78 is 30.7. The van der Waals surface area contributed by atoms with E-state index in [2.05, 4.69) is 5.32 Å². The standard InChI is InChI=1S/C19H21ClN2O5S/c1-13-7-9-15(10-8-13)28(25,26)22(3)11-19(24)27-12-18(23)21-17-6-4-5-16(20)14(17)2/h4-10H,11-12H2,1-3H3,(H,21,23). The Kier molecular flexibility index (Phi) is 7.17. The molecule has 0 atom stereocenters. The average Bonchev–Trinajstić information content (AvgIpc) is 2.64. The lowest BCUT2D eigenvalue weighted by Crippen LogP contribution is -2.34. The van der Waals surface area contributed by atoms with E-state index >= 15 is 0 Å². The minimum Gasteiger partial charge on any atom is -0.455 e. The Balaban J connectivity index is 1.90. The number of aryl methyl sites for hydroxylation is 1. The highest BCUT2D eigenvalue weighted by Crippen LogP contribution is 2.22. The molecule has 0 fully saturated rings. The van der Waals surface area contributed by atoms with Crippen molar-refractivity contribution in [2.24, 2.45) is 0 Å². The summed E-state index contributed by atoms with van der Waals surface area (Å²) in [5.74, 6) is -1.39. The normalized spacial score (nSPS) is 11.3. The molecule has 0 aliphatic heterocycles.